The number of nitrogens with one attached hydrogen (secondary N) is 1. The minimum atomic E-state index is -0.762. The van der Waals surface area contributed by atoms with Crippen LogP contribution in [0.5, 0.6) is 0 Å². The van der Waals surface area contributed by atoms with Crippen LogP contribution < -0.4 is 5.32 Å². The molecule has 0 fully saturated rings. The first kappa shape index (κ1) is 16.7. The molecule has 0 aromatic heterocycles. The first-order valence-electron chi connectivity index (χ1n) is 6.39. The number of amides is 1. The van der Waals surface area contributed by atoms with Gasteiger partial charge in [-0.05, 0) is 37.2 Å². The lowest BCUT2D eigenvalue weighted by molar-refractivity contribution is -0.137. The number of carboxylic acid groups (broad SMARTS) is 1. The molecule has 1 atom stereocenters. The van der Waals surface area contributed by atoms with E-state index in [0.29, 0.717) is 18.9 Å². The quantitative estimate of drug-likeness (QED) is 0.687. The minimum Gasteiger partial charge on any atom is -0.481 e. The third-order valence-corrected chi connectivity index (χ3v) is 3.04. The Morgan fingerprint density at radius 3 is 2.33 bits per heavy atom. The van der Waals surface area contributed by atoms with Crippen molar-refractivity contribution in [3.63, 3.8) is 0 Å². The molecule has 0 spiro atoms. The lowest BCUT2D eigenvalue weighted by Crippen LogP contribution is -2.29. The summed E-state index contributed by atoms with van der Waals surface area (Å²) in [6.07, 6.45) is 4.83. The zero-order valence-corrected chi connectivity index (χ0v) is 11.8. The van der Waals surface area contributed by atoms with Crippen LogP contribution in [0.15, 0.2) is 12.2 Å². The van der Waals surface area contributed by atoms with E-state index in [0.717, 1.165) is 6.42 Å². The molecule has 0 aromatic carbocycles. The van der Waals surface area contributed by atoms with E-state index in [1.54, 1.807) is 13.0 Å². The molecule has 1 amide bonds. The molecular formula is C14H25NO3. The van der Waals surface area contributed by atoms with Gasteiger partial charge in [-0.25, -0.2) is 0 Å². The zero-order valence-electron chi connectivity index (χ0n) is 11.8. The van der Waals surface area contributed by atoms with Crippen molar-refractivity contribution < 1.29 is 14.7 Å². The monoisotopic (exact) mass is 255 g/mol. The fourth-order valence-electron chi connectivity index (χ4n) is 1.89. The van der Waals surface area contributed by atoms with E-state index in [2.05, 4.69) is 26.1 Å². The third-order valence-electron chi connectivity index (χ3n) is 3.04. The summed E-state index contributed by atoms with van der Waals surface area (Å²) < 4.78 is 0. The summed E-state index contributed by atoms with van der Waals surface area (Å²) in [5, 5.41) is 11.5. The highest BCUT2D eigenvalue weighted by Crippen LogP contribution is 2.32. The molecule has 4 nitrogen and oxygen atoms in total. The van der Waals surface area contributed by atoms with Gasteiger partial charge in [-0.2, -0.15) is 0 Å². The summed E-state index contributed by atoms with van der Waals surface area (Å²) in [7, 11) is 0. The van der Waals surface area contributed by atoms with Crippen molar-refractivity contribution >= 4 is 11.9 Å². The SMILES string of the molecule is CC=CC(=O)NCCC(CCC(=O)O)C(C)(C)C. The Bertz CT molecular complexity index is 303. The Balaban J connectivity index is 4.17. The van der Waals surface area contributed by atoms with Crippen LogP contribution in [0.3, 0.4) is 0 Å². The number of carbonyl (C=O) groups is 2. The number of allylic oxidation sites excluding steroid dienone is 1. The highest BCUT2D eigenvalue weighted by atomic mass is 16.4. The Morgan fingerprint density at radius 2 is 1.89 bits per heavy atom. The van der Waals surface area contributed by atoms with Crippen molar-refractivity contribution in [1.29, 1.82) is 0 Å². The van der Waals surface area contributed by atoms with Gasteiger partial charge >= 0.3 is 5.97 Å². The highest BCUT2D eigenvalue weighted by Gasteiger charge is 2.24. The van der Waals surface area contributed by atoms with E-state index >= 15 is 0 Å². The largest absolute Gasteiger partial charge is 0.481 e. The average molecular weight is 255 g/mol. The topological polar surface area (TPSA) is 66.4 Å². The molecule has 0 heterocycles. The van der Waals surface area contributed by atoms with Crippen molar-refractivity contribution in [2.75, 3.05) is 6.54 Å². The van der Waals surface area contributed by atoms with Crippen molar-refractivity contribution in [3.8, 4) is 0 Å². The van der Waals surface area contributed by atoms with Crippen LogP contribution >= 0.6 is 0 Å². The molecule has 0 radical (unpaired) electrons. The first-order chi connectivity index (χ1) is 8.27. The van der Waals surface area contributed by atoms with Crippen LogP contribution in [0.25, 0.3) is 0 Å². The summed E-state index contributed by atoms with van der Waals surface area (Å²) in [5.74, 6) is -0.565. The highest BCUT2D eigenvalue weighted by molar-refractivity contribution is 5.87. The molecule has 2 N–H and O–H groups in total. The molecule has 0 saturated carbocycles. The fourth-order valence-corrected chi connectivity index (χ4v) is 1.89. The molecule has 1 unspecified atom stereocenters. The van der Waals surface area contributed by atoms with Crippen LogP contribution in [0.4, 0.5) is 0 Å². The van der Waals surface area contributed by atoms with Gasteiger partial charge in [-0.15, -0.1) is 0 Å². The Morgan fingerprint density at radius 1 is 1.28 bits per heavy atom. The van der Waals surface area contributed by atoms with Crippen LogP contribution in [-0.4, -0.2) is 23.5 Å². The molecule has 0 rings (SSSR count). The van der Waals surface area contributed by atoms with E-state index in [-0.39, 0.29) is 17.7 Å². The van der Waals surface area contributed by atoms with Crippen LogP contribution in [0.1, 0.15) is 47.0 Å². The Labute approximate surface area is 109 Å². The van der Waals surface area contributed by atoms with E-state index < -0.39 is 5.97 Å². The predicted molar refractivity (Wildman–Crippen MR) is 72.3 cm³/mol. The van der Waals surface area contributed by atoms with E-state index in [1.165, 1.54) is 6.08 Å². The smallest absolute Gasteiger partial charge is 0.303 e. The summed E-state index contributed by atoms with van der Waals surface area (Å²) >= 11 is 0. The van der Waals surface area contributed by atoms with E-state index in [4.69, 9.17) is 5.11 Å². The molecule has 0 aliphatic carbocycles. The van der Waals surface area contributed by atoms with Gasteiger partial charge in [0.25, 0.3) is 0 Å². The van der Waals surface area contributed by atoms with Crippen LogP contribution in [-0.2, 0) is 9.59 Å². The van der Waals surface area contributed by atoms with Crippen LogP contribution in [0, 0.1) is 11.3 Å². The molecular weight excluding hydrogens is 230 g/mol. The Hall–Kier alpha value is -1.32. The standard InChI is InChI=1S/C14H25NO3/c1-5-6-12(16)15-10-9-11(14(2,3)4)7-8-13(17)18/h5-6,11H,7-10H2,1-4H3,(H,15,16)(H,17,18). The molecule has 104 valence electrons. The molecule has 0 aliphatic heterocycles. The van der Waals surface area contributed by atoms with Crippen LogP contribution in [0.2, 0.25) is 0 Å². The average Bonchev–Trinajstić information content (AvgIpc) is 2.21. The lowest BCUT2D eigenvalue weighted by Gasteiger charge is -2.30. The van der Waals surface area contributed by atoms with Crippen molar-refractivity contribution in [1.82, 2.24) is 5.32 Å². The number of carboxylic acids is 1. The molecule has 0 saturated heterocycles. The molecule has 0 aliphatic rings. The second-order valence-electron chi connectivity index (χ2n) is 5.58. The first-order valence-corrected chi connectivity index (χ1v) is 6.39. The van der Waals surface area contributed by atoms with Gasteiger partial charge in [0.15, 0.2) is 0 Å². The van der Waals surface area contributed by atoms with Gasteiger partial charge in [0.1, 0.15) is 0 Å². The van der Waals surface area contributed by atoms with Crippen molar-refractivity contribution in [2.45, 2.75) is 47.0 Å². The zero-order chi connectivity index (χ0) is 14.2. The van der Waals surface area contributed by atoms with Gasteiger partial charge in [-0.1, -0.05) is 26.8 Å². The van der Waals surface area contributed by atoms with Gasteiger partial charge in [0, 0.05) is 13.0 Å². The summed E-state index contributed by atoms with van der Waals surface area (Å²) in [5.41, 5.74) is 0.0563. The minimum absolute atomic E-state index is 0.0563. The number of rotatable bonds is 7. The number of aliphatic carboxylic acids is 1. The van der Waals surface area contributed by atoms with Gasteiger partial charge in [0.2, 0.25) is 5.91 Å². The summed E-state index contributed by atoms with van der Waals surface area (Å²) in [4.78, 5) is 21.9. The second-order valence-corrected chi connectivity index (χ2v) is 5.58. The van der Waals surface area contributed by atoms with Gasteiger partial charge < -0.3 is 10.4 Å². The molecule has 0 aromatic rings. The number of hydrogen-bond acceptors (Lipinski definition) is 2. The normalized spacial score (nSPS) is 13.6. The lowest BCUT2D eigenvalue weighted by atomic mass is 9.76. The molecule has 4 heteroatoms. The maximum absolute atomic E-state index is 11.2. The number of carbonyl (C=O) groups excluding carboxylic acids is 1. The van der Waals surface area contributed by atoms with E-state index in [9.17, 15) is 9.59 Å². The number of hydrogen-bond donors (Lipinski definition) is 2. The van der Waals surface area contributed by atoms with E-state index in [1.807, 2.05) is 0 Å². The second kappa shape index (κ2) is 7.90. The summed E-state index contributed by atoms with van der Waals surface area (Å²) in [6, 6.07) is 0. The maximum Gasteiger partial charge on any atom is 0.303 e. The Kier molecular flexibility index (Phi) is 7.32. The van der Waals surface area contributed by atoms with Crippen molar-refractivity contribution in [3.05, 3.63) is 12.2 Å². The summed E-state index contributed by atoms with van der Waals surface area (Å²) in [6.45, 7) is 8.70. The third kappa shape index (κ3) is 7.87. The molecule has 0 bridgehead atoms. The van der Waals surface area contributed by atoms with Crippen molar-refractivity contribution in [2.24, 2.45) is 11.3 Å². The predicted octanol–water partition coefficient (Wildman–Crippen LogP) is 2.60. The molecule has 18 heavy (non-hydrogen) atoms. The maximum atomic E-state index is 11.2. The fraction of sp³-hybridized carbons (Fsp3) is 0.714. The van der Waals surface area contributed by atoms with Gasteiger partial charge in [-0.3, -0.25) is 9.59 Å². The van der Waals surface area contributed by atoms with Gasteiger partial charge in [0.05, 0.1) is 0 Å².